The number of rotatable bonds is 12. The minimum absolute atomic E-state index is 0. The second-order valence-corrected chi connectivity index (χ2v) is 13.8. The van der Waals surface area contributed by atoms with E-state index in [9.17, 15) is 25.3 Å². The molecule has 3 aromatic carbocycles. The Morgan fingerprint density at radius 1 is 0.538 bits per heavy atom. The molecule has 9 nitrogen and oxygen atoms in total. The van der Waals surface area contributed by atoms with Crippen molar-refractivity contribution in [1.82, 2.24) is 4.31 Å². The second-order valence-electron chi connectivity index (χ2n) is 8.50. The van der Waals surface area contributed by atoms with Gasteiger partial charge < -0.3 is 12.3 Å². The van der Waals surface area contributed by atoms with Crippen molar-refractivity contribution in [3.63, 3.8) is 0 Å². The van der Waals surface area contributed by atoms with Crippen LogP contribution in [0.25, 0.3) is 9.44 Å². The van der Waals surface area contributed by atoms with E-state index in [0.717, 1.165) is 21.0 Å². The zero-order valence-corrected chi connectivity index (χ0v) is 29.2. The van der Waals surface area contributed by atoms with Crippen molar-refractivity contribution < 1.29 is 87.2 Å². The van der Waals surface area contributed by atoms with Gasteiger partial charge in [-0.3, -0.25) is 0 Å². The number of nitrogens with zero attached hydrogens (tertiary/aromatic N) is 3. The van der Waals surface area contributed by atoms with Crippen molar-refractivity contribution in [2.75, 3.05) is 26.2 Å². The molecule has 14 heteroatoms. The van der Waals surface area contributed by atoms with E-state index in [0.29, 0.717) is 0 Å². The molecule has 0 aromatic heterocycles. The molecule has 0 fully saturated rings. The third-order valence-corrected chi connectivity index (χ3v) is 10.2. The summed E-state index contributed by atoms with van der Waals surface area (Å²) in [6, 6.07) is 18.5. The predicted octanol–water partition coefficient (Wildman–Crippen LogP) is -1.64. The quantitative estimate of drug-likeness (QED) is 0.226. The third kappa shape index (κ3) is 10.3. The van der Waals surface area contributed by atoms with E-state index in [1.807, 2.05) is 20.8 Å². The maximum absolute atomic E-state index is 13.3. The molecule has 39 heavy (non-hydrogen) atoms. The Morgan fingerprint density at radius 3 is 1.13 bits per heavy atom. The first-order valence-corrected chi connectivity index (χ1v) is 15.7. The molecule has 0 atom stereocenters. The standard InChI is InChI=1S/C25H29N3O6S3.2Na.2H/c1-20-4-10-23(11-5-20)35(29,30)26-16-18-28(37(33,34)25-14-8-22(3)9-15-25)19-17-27-36(31,32)24-12-6-21(2)7-13-24;;;;/h4-15H,16-19H2,1-3H3;;;;/q-2;2*+1;2*-1. The van der Waals surface area contributed by atoms with E-state index in [2.05, 4.69) is 9.44 Å². The van der Waals surface area contributed by atoms with Gasteiger partial charge >= 0.3 is 59.1 Å². The van der Waals surface area contributed by atoms with E-state index < -0.39 is 30.1 Å². The largest absolute Gasteiger partial charge is 1.00 e. The third-order valence-electron chi connectivity index (χ3n) is 5.52. The van der Waals surface area contributed by atoms with E-state index in [-0.39, 0.29) is 103 Å². The number of aryl methyl sites for hydroxylation is 3. The van der Waals surface area contributed by atoms with Crippen LogP contribution in [0.2, 0.25) is 0 Å². The number of hydrogen-bond donors (Lipinski definition) is 0. The summed E-state index contributed by atoms with van der Waals surface area (Å²) in [6.07, 6.45) is 0. The molecular weight excluding hydrogens is 580 g/mol. The van der Waals surface area contributed by atoms with E-state index in [4.69, 9.17) is 0 Å². The summed E-state index contributed by atoms with van der Waals surface area (Å²) in [4.78, 5) is 0.0105. The maximum atomic E-state index is 13.3. The molecule has 0 aliphatic carbocycles. The fraction of sp³-hybridized carbons (Fsp3) is 0.280. The molecule has 0 N–H and O–H groups in total. The van der Waals surface area contributed by atoms with Crippen LogP contribution in [0.4, 0.5) is 0 Å². The molecule has 3 aromatic rings. The van der Waals surface area contributed by atoms with Crippen molar-refractivity contribution in [3.8, 4) is 0 Å². The molecule has 0 bridgehead atoms. The Kier molecular flexibility index (Phi) is 14.5. The monoisotopic (exact) mass is 611 g/mol. The van der Waals surface area contributed by atoms with E-state index >= 15 is 0 Å². The molecule has 0 radical (unpaired) electrons. The smallest absolute Gasteiger partial charge is 1.00 e. The SMILES string of the molecule is Cc1ccc(S(=O)(=O)[N-]CCN(CC[N-]S(=O)(=O)c2ccc(C)cc2)S(=O)(=O)c2ccc(C)cc2)cc1.[H-].[H-].[Na+].[Na+]. The average Bonchev–Trinajstić information content (AvgIpc) is 2.84. The number of sulfonamides is 3. The fourth-order valence-corrected chi connectivity index (χ4v) is 6.65. The summed E-state index contributed by atoms with van der Waals surface area (Å²) in [5.41, 5.74) is 2.64. The van der Waals surface area contributed by atoms with Gasteiger partial charge in [0.2, 0.25) is 10.0 Å². The van der Waals surface area contributed by atoms with Crippen LogP contribution in [0.5, 0.6) is 0 Å². The topological polar surface area (TPSA) is 134 Å². The number of hydrogen-bond acceptors (Lipinski definition) is 6. The summed E-state index contributed by atoms with van der Waals surface area (Å²) < 4.78 is 85.4. The molecule has 0 saturated carbocycles. The van der Waals surface area contributed by atoms with Gasteiger partial charge in [-0.05, 0) is 70.3 Å². The van der Waals surface area contributed by atoms with E-state index in [1.165, 1.54) is 36.4 Å². The van der Waals surface area contributed by atoms with Gasteiger partial charge in [0.1, 0.15) is 20.0 Å². The molecule has 0 unspecified atom stereocenters. The Balaban J connectivity index is 0. The van der Waals surface area contributed by atoms with Crippen molar-refractivity contribution >= 4 is 30.1 Å². The van der Waals surface area contributed by atoms with Gasteiger partial charge in [0.15, 0.2) is 0 Å². The van der Waals surface area contributed by atoms with Crippen LogP contribution in [0, 0.1) is 20.8 Å². The first-order valence-electron chi connectivity index (χ1n) is 11.4. The molecule has 0 amide bonds. The average molecular weight is 612 g/mol. The normalized spacial score (nSPS) is 12.0. The molecule has 0 heterocycles. The summed E-state index contributed by atoms with van der Waals surface area (Å²) >= 11 is 0. The van der Waals surface area contributed by atoms with Crippen LogP contribution in [0.3, 0.4) is 0 Å². The Bertz CT molecular complexity index is 1460. The number of benzene rings is 3. The fourth-order valence-electron chi connectivity index (χ4n) is 3.33. The zero-order chi connectivity index (χ0) is 27.3. The van der Waals surface area contributed by atoms with Crippen molar-refractivity contribution in [1.29, 1.82) is 0 Å². The Morgan fingerprint density at radius 2 is 0.821 bits per heavy atom. The van der Waals surface area contributed by atoms with E-state index in [1.54, 1.807) is 36.4 Å². The van der Waals surface area contributed by atoms with Gasteiger partial charge in [0.05, 0.1) is 4.90 Å². The molecule has 0 spiro atoms. The summed E-state index contributed by atoms with van der Waals surface area (Å²) in [7, 11) is -12.0. The molecule has 0 saturated heterocycles. The van der Waals surface area contributed by atoms with Gasteiger partial charge in [-0.15, -0.1) is 13.1 Å². The maximum Gasteiger partial charge on any atom is 1.00 e. The van der Waals surface area contributed by atoms with Crippen molar-refractivity contribution in [2.24, 2.45) is 0 Å². The summed E-state index contributed by atoms with van der Waals surface area (Å²) in [5, 5.41) is 0. The zero-order valence-electron chi connectivity index (χ0n) is 24.8. The Hall–Kier alpha value is -0.610. The molecular formula is C25H31N3Na2O6S3-2. The van der Waals surface area contributed by atoms with Gasteiger partial charge in [-0.25, -0.2) is 29.6 Å². The molecule has 0 aliphatic heterocycles. The first kappa shape index (κ1) is 36.4. The van der Waals surface area contributed by atoms with Crippen molar-refractivity contribution in [2.45, 2.75) is 35.5 Å². The van der Waals surface area contributed by atoms with Crippen LogP contribution in [-0.4, -0.2) is 55.7 Å². The van der Waals surface area contributed by atoms with Gasteiger partial charge in [0, 0.05) is 9.79 Å². The van der Waals surface area contributed by atoms with Crippen LogP contribution < -0.4 is 59.1 Å². The Labute approximate surface area is 279 Å². The van der Waals surface area contributed by atoms with Crippen molar-refractivity contribution in [3.05, 3.63) is 98.9 Å². The summed E-state index contributed by atoms with van der Waals surface area (Å²) in [5.74, 6) is 0. The van der Waals surface area contributed by atoms with Gasteiger partial charge in [0.25, 0.3) is 0 Å². The molecule has 3 rings (SSSR count). The predicted molar refractivity (Wildman–Crippen MR) is 145 cm³/mol. The van der Waals surface area contributed by atoms with Crippen LogP contribution in [0.15, 0.2) is 87.5 Å². The van der Waals surface area contributed by atoms with Gasteiger partial charge in [-0.1, -0.05) is 53.1 Å². The van der Waals surface area contributed by atoms with Crippen LogP contribution in [0.1, 0.15) is 19.5 Å². The minimum atomic E-state index is -4.07. The van der Waals surface area contributed by atoms with Gasteiger partial charge in [-0.2, -0.15) is 0 Å². The molecule has 204 valence electrons. The second kappa shape index (κ2) is 15.6. The van der Waals surface area contributed by atoms with Crippen LogP contribution in [-0.2, 0) is 30.1 Å². The summed E-state index contributed by atoms with van der Waals surface area (Å²) in [6.45, 7) is 4.23. The first-order chi connectivity index (χ1) is 17.3. The van der Waals surface area contributed by atoms with Crippen LogP contribution >= 0.6 is 0 Å². The molecule has 0 aliphatic rings. The minimum Gasteiger partial charge on any atom is -1.00 e.